The van der Waals surface area contributed by atoms with Crippen molar-refractivity contribution in [2.75, 3.05) is 25.2 Å². The number of rotatable bonds is 6. The minimum Gasteiger partial charge on any atom is -0.497 e. The summed E-state index contributed by atoms with van der Waals surface area (Å²) in [5.41, 5.74) is 1.03. The third-order valence-corrected chi connectivity index (χ3v) is 3.15. The van der Waals surface area contributed by atoms with Gasteiger partial charge in [0.05, 0.1) is 13.7 Å². The topological polar surface area (TPSA) is 68.7 Å². The predicted molar refractivity (Wildman–Crippen MR) is 85.5 cm³/mol. The van der Waals surface area contributed by atoms with E-state index in [4.69, 9.17) is 9.47 Å². The second-order valence-corrected chi connectivity index (χ2v) is 4.63. The first-order chi connectivity index (χ1) is 11.2. The van der Waals surface area contributed by atoms with Gasteiger partial charge in [-0.05, 0) is 43.3 Å². The Labute approximate surface area is 134 Å². The van der Waals surface area contributed by atoms with Crippen LogP contribution in [-0.4, -0.2) is 37.1 Å². The van der Waals surface area contributed by atoms with Crippen molar-refractivity contribution in [3.63, 3.8) is 0 Å². The number of benzene rings is 1. The summed E-state index contributed by atoms with van der Waals surface area (Å²) < 4.78 is 10.1. The molecule has 1 aromatic heterocycles. The van der Waals surface area contributed by atoms with Crippen LogP contribution in [0.1, 0.15) is 17.3 Å². The number of hydrogen-bond donors (Lipinski definition) is 0. The number of amides is 1. The van der Waals surface area contributed by atoms with Gasteiger partial charge >= 0.3 is 5.97 Å². The molecule has 0 radical (unpaired) electrons. The maximum atomic E-state index is 12.7. The summed E-state index contributed by atoms with van der Waals surface area (Å²) in [6.45, 7) is 1.82. The highest BCUT2D eigenvalue weighted by molar-refractivity contribution is 6.08. The standard InChI is InChI=1S/C17H18N2O4/c1-3-23-16(20)12-19(14-4-6-15(22-2)7-5-14)17(21)13-8-10-18-11-9-13/h4-11H,3,12H2,1-2H3. The van der Waals surface area contributed by atoms with Gasteiger partial charge in [-0.1, -0.05) is 0 Å². The van der Waals surface area contributed by atoms with E-state index in [1.807, 2.05) is 0 Å². The second-order valence-electron chi connectivity index (χ2n) is 4.63. The Hall–Kier alpha value is -2.89. The molecule has 120 valence electrons. The lowest BCUT2D eigenvalue weighted by Gasteiger charge is -2.22. The lowest BCUT2D eigenvalue weighted by Crippen LogP contribution is -2.36. The molecule has 6 nitrogen and oxygen atoms in total. The van der Waals surface area contributed by atoms with Crippen LogP contribution in [0.25, 0.3) is 0 Å². The van der Waals surface area contributed by atoms with Gasteiger partial charge in [0.25, 0.3) is 5.91 Å². The fraction of sp³-hybridized carbons (Fsp3) is 0.235. The van der Waals surface area contributed by atoms with Gasteiger partial charge in [-0.25, -0.2) is 0 Å². The minimum atomic E-state index is -0.467. The molecular weight excluding hydrogens is 296 g/mol. The van der Waals surface area contributed by atoms with Crippen molar-refractivity contribution >= 4 is 17.6 Å². The summed E-state index contributed by atoms with van der Waals surface area (Å²) >= 11 is 0. The maximum Gasteiger partial charge on any atom is 0.326 e. The average molecular weight is 314 g/mol. The predicted octanol–water partition coefficient (Wildman–Crippen LogP) is 2.30. The number of ether oxygens (including phenoxy) is 2. The van der Waals surface area contributed by atoms with Crippen LogP contribution in [0.4, 0.5) is 5.69 Å². The molecule has 0 bridgehead atoms. The number of hydrogen-bond acceptors (Lipinski definition) is 5. The van der Waals surface area contributed by atoms with Crippen LogP contribution in [0.3, 0.4) is 0 Å². The van der Waals surface area contributed by atoms with Crippen LogP contribution in [0, 0.1) is 0 Å². The first kappa shape index (κ1) is 16.5. The van der Waals surface area contributed by atoms with E-state index >= 15 is 0 Å². The number of nitrogens with zero attached hydrogens (tertiary/aromatic N) is 2. The average Bonchev–Trinajstić information content (AvgIpc) is 2.60. The Balaban J connectivity index is 2.30. The van der Waals surface area contributed by atoms with Gasteiger partial charge in [-0.15, -0.1) is 0 Å². The quantitative estimate of drug-likeness (QED) is 0.765. The molecule has 0 aliphatic heterocycles. The van der Waals surface area contributed by atoms with E-state index < -0.39 is 5.97 Å². The molecule has 23 heavy (non-hydrogen) atoms. The molecule has 0 aliphatic rings. The van der Waals surface area contributed by atoms with Crippen molar-refractivity contribution in [1.82, 2.24) is 4.98 Å². The number of anilines is 1. The fourth-order valence-corrected chi connectivity index (χ4v) is 2.03. The monoisotopic (exact) mass is 314 g/mol. The summed E-state index contributed by atoms with van der Waals surface area (Å²) in [5.74, 6) is -0.0995. The Kier molecular flexibility index (Phi) is 5.68. The van der Waals surface area contributed by atoms with Crippen molar-refractivity contribution in [3.05, 3.63) is 54.4 Å². The number of carbonyl (C=O) groups excluding carboxylic acids is 2. The van der Waals surface area contributed by atoms with Crippen molar-refractivity contribution in [2.45, 2.75) is 6.92 Å². The highest BCUT2D eigenvalue weighted by Gasteiger charge is 2.21. The Morgan fingerprint density at radius 3 is 2.30 bits per heavy atom. The number of methoxy groups -OCH3 is 1. The first-order valence-electron chi connectivity index (χ1n) is 7.17. The van der Waals surface area contributed by atoms with Gasteiger partial charge in [0.15, 0.2) is 0 Å². The maximum absolute atomic E-state index is 12.7. The Bertz CT molecular complexity index is 656. The van der Waals surface area contributed by atoms with E-state index in [0.717, 1.165) is 0 Å². The van der Waals surface area contributed by atoms with Crippen LogP contribution in [0.2, 0.25) is 0 Å². The van der Waals surface area contributed by atoms with Gasteiger partial charge in [-0.3, -0.25) is 19.5 Å². The van der Waals surface area contributed by atoms with E-state index in [1.165, 1.54) is 17.3 Å². The molecule has 0 fully saturated rings. The number of pyridine rings is 1. The normalized spacial score (nSPS) is 10.0. The highest BCUT2D eigenvalue weighted by Crippen LogP contribution is 2.21. The third kappa shape index (κ3) is 4.29. The SMILES string of the molecule is CCOC(=O)CN(C(=O)c1ccncc1)c1ccc(OC)cc1. The molecule has 2 aromatic rings. The van der Waals surface area contributed by atoms with Crippen LogP contribution >= 0.6 is 0 Å². The van der Waals surface area contributed by atoms with Crippen LogP contribution in [-0.2, 0) is 9.53 Å². The van der Waals surface area contributed by atoms with Crippen molar-refractivity contribution in [3.8, 4) is 5.75 Å². The lowest BCUT2D eigenvalue weighted by atomic mass is 10.2. The van der Waals surface area contributed by atoms with Crippen LogP contribution in [0.5, 0.6) is 5.75 Å². The molecule has 0 atom stereocenters. The second kappa shape index (κ2) is 7.93. The summed E-state index contributed by atoms with van der Waals surface area (Å²) in [4.78, 5) is 29.8. The third-order valence-electron chi connectivity index (χ3n) is 3.15. The zero-order chi connectivity index (χ0) is 16.7. The molecule has 0 aliphatic carbocycles. The first-order valence-corrected chi connectivity index (χ1v) is 7.17. The van der Waals surface area contributed by atoms with Gasteiger partial charge in [0, 0.05) is 23.6 Å². The number of esters is 1. The molecule has 0 unspecified atom stereocenters. The zero-order valence-electron chi connectivity index (χ0n) is 13.1. The van der Waals surface area contributed by atoms with Gasteiger partial charge in [0.2, 0.25) is 0 Å². The van der Waals surface area contributed by atoms with Crippen molar-refractivity contribution in [2.24, 2.45) is 0 Å². The summed E-state index contributed by atoms with van der Waals surface area (Å²) in [6, 6.07) is 10.1. The fourth-order valence-electron chi connectivity index (χ4n) is 2.03. The molecule has 6 heteroatoms. The molecule has 1 aromatic carbocycles. The molecule has 0 saturated carbocycles. The largest absolute Gasteiger partial charge is 0.497 e. The van der Waals surface area contributed by atoms with Crippen LogP contribution in [0.15, 0.2) is 48.8 Å². The zero-order valence-corrected chi connectivity index (χ0v) is 13.1. The van der Waals surface area contributed by atoms with E-state index in [-0.39, 0.29) is 19.1 Å². The number of carbonyl (C=O) groups is 2. The lowest BCUT2D eigenvalue weighted by molar-refractivity contribution is -0.141. The van der Waals surface area contributed by atoms with E-state index in [9.17, 15) is 9.59 Å². The molecule has 2 rings (SSSR count). The molecule has 0 N–H and O–H groups in total. The van der Waals surface area contributed by atoms with Gasteiger partial charge in [0.1, 0.15) is 12.3 Å². The van der Waals surface area contributed by atoms with Gasteiger partial charge in [-0.2, -0.15) is 0 Å². The molecular formula is C17H18N2O4. The van der Waals surface area contributed by atoms with Crippen molar-refractivity contribution in [1.29, 1.82) is 0 Å². The minimum absolute atomic E-state index is 0.165. The Morgan fingerprint density at radius 2 is 1.74 bits per heavy atom. The Morgan fingerprint density at radius 1 is 1.09 bits per heavy atom. The molecule has 0 saturated heterocycles. The smallest absolute Gasteiger partial charge is 0.326 e. The summed E-state index contributed by atoms with van der Waals surface area (Å²) in [7, 11) is 1.56. The van der Waals surface area contributed by atoms with E-state index in [2.05, 4.69) is 4.98 Å². The van der Waals surface area contributed by atoms with Crippen molar-refractivity contribution < 1.29 is 19.1 Å². The summed E-state index contributed by atoms with van der Waals surface area (Å²) in [5, 5.41) is 0. The van der Waals surface area contributed by atoms with E-state index in [1.54, 1.807) is 50.4 Å². The van der Waals surface area contributed by atoms with E-state index in [0.29, 0.717) is 17.0 Å². The molecule has 1 amide bonds. The summed E-state index contributed by atoms with van der Waals surface area (Å²) in [6.07, 6.45) is 3.06. The van der Waals surface area contributed by atoms with Gasteiger partial charge < -0.3 is 9.47 Å². The van der Waals surface area contributed by atoms with Crippen LogP contribution < -0.4 is 9.64 Å². The highest BCUT2D eigenvalue weighted by atomic mass is 16.5. The number of aromatic nitrogens is 1. The molecule has 0 spiro atoms. The molecule has 1 heterocycles.